The third-order valence-electron chi connectivity index (χ3n) is 5.04. The second-order valence-electron chi connectivity index (χ2n) is 6.88. The van der Waals surface area contributed by atoms with Crippen molar-refractivity contribution in [1.82, 2.24) is 9.62 Å². The Morgan fingerprint density at radius 3 is 2.30 bits per heavy atom. The first-order valence-electron chi connectivity index (χ1n) is 9.41. The minimum atomic E-state index is -3.57. The van der Waals surface area contributed by atoms with Gasteiger partial charge in [-0.25, -0.2) is 8.42 Å². The number of hydrogen-bond donors (Lipinski definition) is 2. The monoisotopic (exact) mass is 416 g/mol. The van der Waals surface area contributed by atoms with Crippen molar-refractivity contribution in [3.8, 4) is 0 Å². The van der Waals surface area contributed by atoms with Crippen LogP contribution in [0.15, 0.2) is 23.1 Å². The van der Waals surface area contributed by atoms with E-state index in [0.717, 1.165) is 50.9 Å². The quantitative estimate of drug-likeness (QED) is 0.733. The number of benzene rings is 1. The lowest BCUT2D eigenvalue weighted by molar-refractivity contribution is 0.0955. The number of piperidine rings is 1. The van der Waals surface area contributed by atoms with Gasteiger partial charge in [-0.2, -0.15) is 4.31 Å². The number of carbonyl (C=O) groups excluding carboxylic acids is 1. The fraction of sp³-hybridized carbons (Fsp3) is 0.611. The zero-order chi connectivity index (χ0) is 18.6. The summed E-state index contributed by atoms with van der Waals surface area (Å²) in [4.78, 5) is 15.0. The van der Waals surface area contributed by atoms with Gasteiger partial charge >= 0.3 is 0 Å². The fourth-order valence-corrected chi connectivity index (χ4v) is 5.17. The Morgan fingerprint density at radius 2 is 1.67 bits per heavy atom. The molecule has 3 rings (SSSR count). The average molecular weight is 417 g/mol. The number of nitrogens with one attached hydrogen (secondary N) is 1. The van der Waals surface area contributed by atoms with E-state index in [-0.39, 0.29) is 23.2 Å². The molecule has 1 aromatic carbocycles. The molecule has 2 fully saturated rings. The minimum absolute atomic E-state index is 0. The van der Waals surface area contributed by atoms with E-state index in [0.29, 0.717) is 31.7 Å². The first-order chi connectivity index (χ1) is 12.5. The zero-order valence-electron chi connectivity index (χ0n) is 15.5. The minimum Gasteiger partial charge on any atom is -0.371 e. The molecule has 0 saturated carbocycles. The molecule has 27 heavy (non-hydrogen) atoms. The normalized spacial score (nSPS) is 18.2. The van der Waals surface area contributed by atoms with Crippen LogP contribution < -0.4 is 16.0 Å². The van der Waals surface area contributed by atoms with E-state index in [9.17, 15) is 13.2 Å². The maximum atomic E-state index is 13.0. The second-order valence-corrected chi connectivity index (χ2v) is 8.82. The van der Waals surface area contributed by atoms with E-state index < -0.39 is 10.0 Å². The summed E-state index contributed by atoms with van der Waals surface area (Å²) in [6, 6.07) is 4.94. The van der Waals surface area contributed by atoms with Crippen LogP contribution in [0.4, 0.5) is 5.69 Å². The molecule has 0 spiro atoms. The Balaban J connectivity index is 0.00000261. The van der Waals surface area contributed by atoms with Crippen molar-refractivity contribution < 1.29 is 13.2 Å². The molecular formula is C18H29ClN4O3S. The van der Waals surface area contributed by atoms with Gasteiger partial charge in [-0.1, -0.05) is 6.42 Å². The van der Waals surface area contributed by atoms with Crippen LogP contribution in [0.2, 0.25) is 0 Å². The van der Waals surface area contributed by atoms with Gasteiger partial charge < -0.3 is 16.0 Å². The zero-order valence-corrected chi connectivity index (χ0v) is 17.2. The van der Waals surface area contributed by atoms with Gasteiger partial charge in [0.15, 0.2) is 0 Å². The van der Waals surface area contributed by atoms with Crippen LogP contribution in [0.25, 0.3) is 0 Å². The van der Waals surface area contributed by atoms with E-state index in [1.54, 1.807) is 12.1 Å². The largest absolute Gasteiger partial charge is 0.371 e. The van der Waals surface area contributed by atoms with Crippen LogP contribution in [-0.2, 0) is 10.0 Å². The molecule has 0 radical (unpaired) electrons. The highest BCUT2D eigenvalue weighted by molar-refractivity contribution is 7.89. The molecule has 0 aliphatic carbocycles. The standard InChI is InChI=1S/C18H28N4O3S.ClH/c19-8-9-20-18(23)16-14-15(6-7-17(16)21-10-4-5-11-21)26(24,25)22-12-2-1-3-13-22;/h6-7,14H,1-5,8-13,19H2,(H,20,23);1H. The molecule has 3 N–H and O–H groups in total. The van der Waals surface area contributed by atoms with Gasteiger partial charge in [0.05, 0.1) is 10.5 Å². The van der Waals surface area contributed by atoms with Crippen molar-refractivity contribution >= 4 is 34.0 Å². The molecule has 0 atom stereocenters. The smallest absolute Gasteiger partial charge is 0.253 e. The van der Waals surface area contributed by atoms with Gasteiger partial charge in [0.25, 0.3) is 5.91 Å². The van der Waals surface area contributed by atoms with Crippen LogP contribution in [0.5, 0.6) is 0 Å². The van der Waals surface area contributed by atoms with Crippen LogP contribution in [0.3, 0.4) is 0 Å². The highest BCUT2D eigenvalue weighted by Gasteiger charge is 2.28. The van der Waals surface area contributed by atoms with Crippen LogP contribution in [0.1, 0.15) is 42.5 Å². The van der Waals surface area contributed by atoms with Gasteiger partial charge in [-0.05, 0) is 43.9 Å². The van der Waals surface area contributed by atoms with E-state index in [4.69, 9.17) is 5.73 Å². The van der Waals surface area contributed by atoms with E-state index in [2.05, 4.69) is 10.2 Å². The average Bonchev–Trinajstić information content (AvgIpc) is 3.21. The Kier molecular flexibility index (Phi) is 7.91. The molecule has 1 aromatic rings. The summed E-state index contributed by atoms with van der Waals surface area (Å²) in [6.07, 6.45) is 4.99. The molecular weight excluding hydrogens is 388 g/mol. The number of rotatable bonds is 6. The molecule has 2 aliphatic rings. The predicted molar refractivity (Wildman–Crippen MR) is 109 cm³/mol. The first kappa shape index (κ1) is 21.9. The summed E-state index contributed by atoms with van der Waals surface area (Å²) in [6.45, 7) is 3.57. The number of nitrogens with two attached hydrogens (primary N) is 1. The van der Waals surface area contributed by atoms with Crippen LogP contribution in [-0.4, -0.2) is 57.9 Å². The van der Waals surface area contributed by atoms with Gasteiger partial charge in [0, 0.05) is 45.0 Å². The van der Waals surface area contributed by atoms with E-state index in [1.807, 2.05) is 0 Å². The van der Waals surface area contributed by atoms with E-state index >= 15 is 0 Å². The molecule has 7 nitrogen and oxygen atoms in total. The summed E-state index contributed by atoms with van der Waals surface area (Å²) < 4.78 is 27.5. The lowest BCUT2D eigenvalue weighted by atomic mass is 10.1. The molecule has 0 unspecified atom stereocenters. The molecule has 9 heteroatoms. The molecule has 2 aliphatic heterocycles. The molecule has 0 bridgehead atoms. The third-order valence-corrected chi connectivity index (χ3v) is 6.94. The molecule has 2 heterocycles. The van der Waals surface area contributed by atoms with Gasteiger partial charge in [-0.3, -0.25) is 4.79 Å². The lowest BCUT2D eigenvalue weighted by Gasteiger charge is -2.27. The molecule has 1 amide bonds. The Morgan fingerprint density at radius 1 is 1.04 bits per heavy atom. The Hall–Kier alpha value is -1.35. The van der Waals surface area contributed by atoms with Crippen molar-refractivity contribution in [2.45, 2.75) is 37.0 Å². The summed E-state index contributed by atoms with van der Waals surface area (Å²) >= 11 is 0. The number of nitrogens with zero attached hydrogens (tertiary/aromatic N) is 2. The maximum Gasteiger partial charge on any atom is 0.253 e. The number of sulfonamides is 1. The first-order valence-corrected chi connectivity index (χ1v) is 10.9. The van der Waals surface area contributed by atoms with Crippen LogP contribution in [0, 0.1) is 0 Å². The van der Waals surface area contributed by atoms with Gasteiger partial charge in [0.1, 0.15) is 0 Å². The summed E-state index contributed by atoms with van der Waals surface area (Å²) in [7, 11) is -3.57. The predicted octanol–water partition coefficient (Wildman–Crippen LogP) is 1.57. The number of amides is 1. The van der Waals surface area contributed by atoms with Crippen molar-refractivity contribution in [3.63, 3.8) is 0 Å². The summed E-state index contributed by atoms with van der Waals surface area (Å²) in [5.41, 5.74) is 6.70. The number of anilines is 1. The van der Waals surface area contributed by atoms with Gasteiger partial charge in [-0.15, -0.1) is 12.4 Å². The van der Waals surface area contributed by atoms with Crippen molar-refractivity contribution in [1.29, 1.82) is 0 Å². The fourth-order valence-electron chi connectivity index (χ4n) is 3.63. The Labute approximate surface area is 167 Å². The summed E-state index contributed by atoms with van der Waals surface area (Å²) in [5, 5.41) is 2.77. The SMILES string of the molecule is Cl.NCCNC(=O)c1cc(S(=O)(=O)N2CCCCC2)ccc1N1CCCC1. The topological polar surface area (TPSA) is 95.7 Å². The van der Waals surface area contributed by atoms with E-state index in [1.165, 1.54) is 10.4 Å². The maximum absolute atomic E-state index is 13.0. The number of hydrogen-bond acceptors (Lipinski definition) is 5. The van der Waals surface area contributed by atoms with Crippen molar-refractivity contribution in [2.24, 2.45) is 5.73 Å². The summed E-state index contributed by atoms with van der Waals surface area (Å²) in [5.74, 6) is -0.270. The third kappa shape index (κ3) is 4.93. The Bertz CT molecular complexity index is 745. The van der Waals surface area contributed by atoms with Gasteiger partial charge in [0.2, 0.25) is 10.0 Å². The molecule has 2 saturated heterocycles. The second kappa shape index (κ2) is 9.73. The van der Waals surface area contributed by atoms with Crippen molar-refractivity contribution in [2.75, 3.05) is 44.2 Å². The van der Waals surface area contributed by atoms with Crippen molar-refractivity contribution in [3.05, 3.63) is 23.8 Å². The number of halogens is 1. The molecule has 0 aromatic heterocycles. The molecule has 152 valence electrons. The van der Waals surface area contributed by atoms with Crippen LogP contribution >= 0.6 is 12.4 Å². The highest BCUT2D eigenvalue weighted by atomic mass is 35.5. The highest BCUT2D eigenvalue weighted by Crippen LogP contribution is 2.29. The lowest BCUT2D eigenvalue weighted by Crippen LogP contribution is -2.36. The number of carbonyl (C=O) groups is 1.